The van der Waals surface area contributed by atoms with Crippen LogP contribution in [-0.4, -0.2) is 26.3 Å². The van der Waals surface area contributed by atoms with Crippen LogP contribution in [0.15, 0.2) is 42.6 Å². The quantitative estimate of drug-likeness (QED) is 0.707. The number of thiophene rings is 1. The number of hydrogen-bond acceptors (Lipinski definition) is 6. The van der Waals surface area contributed by atoms with Gasteiger partial charge in [-0.15, -0.1) is 21.5 Å². The maximum absolute atomic E-state index is 14.2. The predicted octanol–water partition coefficient (Wildman–Crippen LogP) is 3.93. The molecule has 4 rings (SSSR count). The highest BCUT2D eigenvalue weighted by Crippen LogP contribution is 2.43. The summed E-state index contributed by atoms with van der Waals surface area (Å²) in [4.78, 5) is 16.2. The van der Waals surface area contributed by atoms with Crippen molar-refractivity contribution < 1.29 is 14.3 Å². The molecule has 0 radical (unpaired) electrons. The Balaban J connectivity index is 1.57. The van der Waals surface area contributed by atoms with E-state index in [1.165, 1.54) is 6.07 Å². The molecule has 0 aromatic carbocycles. The molecule has 0 spiro atoms. The lowest BCUT2D eigenvalue weighted by Gasteiger charge is -2.42. The summed E-state index contributed by atoms with van der Waals surface area (Å²) in [6, 6.07) is 9.78. The lowest BCUT2D eigenvalue weighted by molar-refractivity contribution is 0.0702. The third-order valence-electron chi connectivity index (χ3n) is 4.52. The molecule has 2 N–H and O–H groups in total. The first kappa shape index (κ1) is 16.6. The van der Waals surface area contributed by atoms with E-state index in [4.69, 9.17) is 5.11 Å². The summed E-state index contributed by atoms with van der Waals surface area (Å²) in [6.45, 7) is 0. The lowest BCUT2D eigenvalue weighted by atomic mass is 9.74. The predicted molar refractivity (Wildman–Crippen MR) is 95.7 cm³/mol. The van der Waals surface area contributed by atoms with Crippen LogP contribution in [0.2, 0.25) is 0 Å². The first-order valence-electron chi connectivity index (χ1n) is 8.14. The van der Waals surface area contributed by atoms with Gasteiger partial charge in [0.05, 0.1) is 10.4 Å². The van der Waals surface area contributed by atoms with Crippen LogP contribution in [0.3, 0.4) is 0 Å². The normalized spacial score (nSPS) is 15.3. The number of anilines is 1. The lowest BCUT2D eigenvalue weighted by Crippen LogP contribution is -2.43. The minimum atomic E-state index is -0.961. The molecule has 0 atom stereocenters. The van der Waals surface area contributed by atoms with E-state index in [2.05, 4.69) is 20.5 Å². The molecule has 1 aliphatic carbocycles. The van der Waals surface area contributed by atoms with Gasteiger partial charge in [-0.25, -0.2) is 9.18 Å². The van der Waals surface area contributed by atoms with Gasteiger partial charge >= 0.3 is 5.97 Å². The molecule has 26 heavy (non-hydrogen) atoms. The molecule has 0 saturated heterocycles. The number of pyridine rings is 1. The molecule has 0 aliphatic heterocycles. The third-order valence-corrected chi connectivity index (χ3v) is 5.62. The van der Waals surface area contributed by atoms with Crippen molar-refractivity contribution in [3.05, 3.63) is 59.0 Å². The van der Waals surface area contributed by atoms with Crippen LogP contribution < -0.4 is 5.32 Å². The summed E-state index contributed by atoms with van der Waals surface area (Å²) in [5.41, 5.74) is 0.447. The van der Waals surface area contributed by atoms with Crippen LogP contribution in [0, 0.1) is 5.82 Å². The summed E-state index contributed by atoms with van der Waals surface area (Å²) in [5.74, 6) is -0.755. The minimum absolute atomic E-state index is 0.253. The zero-order chi connectivity index (χ0) is 18.1. The molecular weight excluding hydrogens is 355 g/mol. The monoisotopic (exact) mass is 370 g/mol. The summed E-state index contributed by atoms with van der Waals surface area (Å²) < 4.78 is 14.2. The fourth-order valence-corrected chi connectivity index (χ4v) is 3.86. The average molecular weight is 370 g/mol. The summed E-state index contributed by atoms with van der Waals surface area (Å²) in [6.07, 6.45) is 4.13. The Morgan fingerprint density at radius 2 is 2.04 bits per heavy atom. The molecule has 0 amide bonds. The van der Waals surface area contributed by atoms with Gasteiger partial charge in [-0.3, -0.25) is 4.98 Å². The van der Waals surface area contributed by atoms with Crippen LogP contribution in [0.25, 0.3) is 10.6 Å². The van der Waals surface area contributed by atoms with Gasteiger partial charge in [0.25, 0.3) is 0 Å². The van der Waals surface area contributed by atoms with Crippen molar-refractivity contribution in [3.63, 3.8) is 0 Å². The number of carbonyl (C=O) groups is 1. The Labute approximate surface area is 152 Å². The van der Waals surface area contributed by atoms with Gasteiger partial charge < -0.3 is 10.4 Å². The number of nitrogens with zero attached hydrogens (tertiary/aromatic N) is 3. The number of aromatic nitrogens is 3. The number of carboxylic acids is 1. The number of hydrogen-bond donors (Lipinski definition) is 2. The summed E-state index contributed by atoms with van der Waals surface area (Å²) in [5, 5.41) is 20.6. The first-order chi connectivity index (χ1) is 12.6. The third kappa shape index (κ3) is 2.92. The minimum Gasteiger partial charge on any atom is -0.477 e. The Hall–Kier alpha value is -2.87. The molecule has 3 aromatic heterocycles. The molecular formula is C18H15FN4O2S. The van der Waals surface area contributed by atoms with Crippen molar-refractivity contribution in [3.8, 4) is 10.6 Å². The molecule has 3 aromatic rings. The Kier molecular flexibility index (Phi) is 4.12. The maximum atomic E-state index is 14.2. The fraction of sp³-hybridized carbons (Fsp3) is 0.222. The van der Waals surface area contributed by atoms with E-state index in [-0.39, 0.29) is 10.7 Å². The second-order valence-corrected chi connectivity index (χ2v) is 7.25. The van der Waals surface area contributed by atoms with Crippen molar-refractivity contribution in [1.82, 2.24) is 15.2 Å². The van der Waals surface area contributed by atoms with E-state index < -0.39 is 11.5 Å². The van der Waals surface area contributed by atoms with E-state index in [9.17, 15) is 9.18 Å². The number of halogens is 1. The fourth-order valence-electron chi connectivity index (χ4n) is 3.06. The van der Waals surface area contributed by atoms with Gasteiger partial charge in [-0.05, 0) is 55.7 Å². The second kappa shape index (κ2) is 6.45. The average Bonchev–Trinajstić information content (AvgIpc) is 3.10. The molecule has 1 saturated carbocycles. The van der Waals surface area contributed by atoms with Crippen LogP contribution in [0.1, 0.15) is 34.6 Å². The van der Waals surface area contributed by atoms with E-state index in [0.29, 0.717) is 17.2 Å². The number of carboxylic acid groups (broad SMARTS) is 1. The van der Waals surface area contributed by atoms with Crippen LogP contribution >= 0.6 is 11.3 Å². The van der Waals surface area contributed by atoms with Gasteiger partial charge in [0, 0.05) is 6.20 Å². The number of nitrogens with one attached hydrogen (secondary N) is 1. The molecule has 1 aliphatic rings. The molecule has 6 nitrogen and oxygen atoms in total. The van der Waals surface area contributed by atoms with Gasteiger partial charge in [0.15, 0.2) is 0 Å². The topological polar surface area (TPSA) is 88.0 Å². The van der Waals surface area contributed by atoms with Crippen molar-refractivity contribution in [2.45, 2.75) is 24.8 Å². The van der Waals surface area contributed by atoms with Crippen molar-refractivity contribution in [2.75, 3.05) is 5.32 Å². The standard InChI is InChI=1S/C18H15FN4O2S/c19-11-3-1-10-20-16(11)18(8-2-9-18)21-15-7-4-12(22-23-15)13-5-6-14(26-13)17(24)25/h1,3-7,10H,2,8-9H2,(H,21,23)(H,24,25). The zero-order valence-corrected chi connectivity index (χ0v) is 14.5. The number of rotatable bonds is 5. The molecule has 0 bridgehead atoms. The highest BCUT2D eigenvalue weighted by Gasteiger charge is 2.42. The highest BCUT2D eigenvalue weighted by atomic mass is 32.1. The van der Waals surface area contributed by atoms with E-state index >= 15 is 0 Å². The van der Waals surface area contributed by atoms with E-state index in [1.54, 1.807) is 36.5 Å². The zero-order valence-electron chi connectivity index (χ0n) is 13.6. The highest BCUT2D eigenvalue weighted by molar-refractivity contribution is 7.17. The molecule has 132 valence electrons. The van der Waals surface area contributed by atoms with Crippen molar-refractivity contribution in [2.24, 2.45) is 0 Å². The van der Waals surface area contributed by atoms with Crippen LogP contribution in [0.5, 0.6) is 0 Å². The smallest absolute Gasteiger partial charge is 0.345 e. The SMILES string of the molecule is O=C(O)c1ccc(-c2ccc(NC3(c4ncccc4F)CCC3)nn2)s1. The summed E-state index contributed by atoms with van der Waals surface area (Å²) in [7, 11) is 0. The Bertz CT molecular complexity index is 954. The molecule has 3 heterocycles. The summed E-state index contributed by atoms with van der Waals surface area (Å²) >= 11 is 1.15. The van der Waals surface area contributed by atoms with Crippen molar-refractivity contribution in [1.29, 1.82) is 0 Å². The van der Waals surface area contributed by atoms with Crippen LogP contribution in [0.4, 0.5) is 10.2 Å². The van der Waals surface area contributed by atoms with Gasteiger partial charge in [-0.1, -0.05) is 0 Å². The van der Waals surface area contributed by atoms with Crippen molar-refractivity contribution >= 4 is 23.1 Å². The van der Waals surface area contributed by atoms with Gasteiger partial charge in [0.1, 0.15) is 27.9 Å². The second-order valence-electron chi connectivity index (χ2n) is 6.17. The number of aromatic carboxylic acids is 1. The van der Waals surface area contributed by atoms with Gasteiger partial charge in [-0.2, -0.15) is 0 Å². The largest absolute Gasteiger partial charge is 0.477 e. The molecule has 0 unspecified atom stereocenters. The Morgan fingerprint density at radius 3 is 2.62 bits per heavy atom. The first-order valence-corrected chi connectivity index (χ1v) is 8.95. The van der Waals surface area contributed by atoms with Gasteiger partial charge in [0.2, 0.25) is 0 Å². The van der Waals surface area contributed by atoms with E-state index in [0.717, 1.165) is 35.5 Å². The Morgan fingerprint density at radius 1 is 1.19 bits per heavy atom. The molecule has 1 fully saturated rings. The van der Waals surface area contributed by atoms with Crippen LogP contribution in [-0.2, 0) is 5.54 Å². The maximum Gasteiger partial charge on any atom is 0.345 e. The van der Waals surface area contributed by atoms with E-state index in [1.807, 2.05) is 0 Å². The molecule has 8 heteroatoms.